The van der Waals surface area contributed by atoms with Crippen LogP contribution in [0.1, 0.15) is 20.8 Å². The van der Waals surface area contributed by atoms with Crippen molar-refractivity contribution >= 4 is 23.2 Å². The van der Waals surface area contributed by atoms with Crippen LogP contribution < -0.4 is 15.0 Å². The zero-order valence-corrected chi connectivity index (χ0v) is 13.4. The highest BCUT2D eigenvalue weighted by atomic mass is 16.5. The summed E-state index contributed by atoms with van der Waals surface area (Å²) >= 11 is 0. The summed E-state index contributed by atoms with van der Waals surface area (Å²) in [6.45, 7) is 6.49. The molecule has 0 radical (unpaired) electrons. The van der Waals surface area contributed by atoms with E-state index in [1.54, 1.807) is 23.1 Å². The molecule has 1 heterocycles. The Balaban J connectivity index is 2.35. The van der Waals surface area contributed by atoms with Crippen molar-refractivity contribution in [1.29, 1.82) is 0 Å². The second kappa shape index (κ2) is 6.36. The van der Waals surface area contributed by atoms with Crippen molar-refractivity contribution in [2.75, 3.05) is 37.1 Å². The molecule has 0 saturated heterocycles. The van der Waals surface area contributed by atoms with E-state index in [2.05, 4.69) is 5.32 Å². The van der Waals surface area contributed by atoms with Gasteiger partial charge in [0.25, 0.3) is 0 Å². The van der Waals surface area contributed by atoms with E-state index in [4.69, 9.17) is 9.47 Å². The molecule has 1 aliphatic rings. The number of benzene rings is 1. The zero-order chi connectivity index (χ0) is 16.3. The van der Waals surface area contributed by atoms with E-state index in [1.165, 1.54) is 7.11 Å². The van der Waals surface area contributed by atoms with Crippen molar-refractivity contribution in [2.45, 2.75) is 20.8 Å². The van der Waals surface area contributed by atoms with Gasteiger partial charge in [-0.25, -0.2) is 0 Å². The molecular weight excluding hydrogens is 284 g/mol. The maximum Gasteiger partial charge on any atom is 0.250 e. The average molecular weight is 306 g/mol. The van der Waals surface area contributed by atoms with Gasteiger partial charge in [-0.2, -0.15) is 0 Å². The van der Waals surface area contributed by atoms with Crippen molar-refractivity contribution in [3.8, 4) is 5.75 Å². The predicted octanol–water partition coefficient (Wildman–Crippen LogP) is 2.04. The first-order valence-corrected chi connectivity index (χ1v) is 7.26. The molecule has 0 spiro atoms. The number of rotatable bonds is 4. The largest absolute Gasteiger partial charge is 0.490 e. The number of nitrogens with one attached hydrogen (secondary N) is 1. The maximum atomic E-state index is 12.6. The van der Waals surface area contributed by atoms with Gasteiger partial charge in [0.05, 0.1) is 11.1 Å². The number of methoxy groups -OCH3 is 1. The number of carbonyl (C=O) groups excluding carboxylic acids is 2. The lowest BCUT2D eigenvalue weighted by molar-refractivity contribution is -0.127. The third kappa shape index (κ3) is 3.22. The van der Waals surface area contributed by atoms with Crippen LogP contribution in [0, 0.1) is 5.41 Å². The quantitative estimate of drug-likeness (QED) is 0.924. The van der Waals surface area contributed by atoms with Gasteiger partial charge in [0.15, 0.2) is 0 Å². The Morgan fingerprint density at radius 1 is 1.45 bits per heavy atom. The SMILES string of the molecule is CCN1C(=O)C(C)(C)COc2ccc(NC(=O)COC)cc21. The Morgan fingerprint density at radius 3 is 2.82 bits per heavy atom. The van der Waals surface area contributed by atoms with Crippen LogP contribution in [-0.4, -0.2) is 38.7 Å². The van der Waals surface area contributed by atoms with Gasteiger partial charge >= 0.3 is 0 Å². The fraction of sp³-hybridized carbons (Fsp3) is 0.500. The Morgan fingerprint density at radius 2 is 2.18 bits per heavy atom. The van der Waals surface area contributed by atoms with Crippen molar-refractivity contribution in [1.82, 2.24) is 0 Å². The van der Waals surface area contributed by atoms with Crippen molar-refractivity contribution in [2.24, 2.45) is 5.41 Å². The molecule has 0 aliphatic carbocycles. The summed E-state index contributed by atoms with van der Waals surface area (Å²) in [5.41, 5.74) is 0.692. The van der Waals surface area contributed by atoms with Gasteiger partial charge in [-0.15, -0.1) is 0 Å². The van der Waals surface area contributed by atoms with Crippen LogP contribution >= 0.6 is 0 Å². The van der Waals surface area contributed by atoms with Crippen LogP contribution in [0.25, 0.3) is 0 Å². The van der Waals surface area contributed by atoms with E-state index >= 15 is 0 Å². The van der Waals surface area contributed by atoms with E-state index in [1.807, 2.05) is 20.8 Å². The maximum absolute atomic E-state index is 12.6. The first-order valence-electron chi connectivity index (χ1n) is 7.26. The van der Waals surface area contributed by atoms with Gasteiger partial charge in [-0.3, -0.25) is 9.59 Å². The normalized spacial score (nSPS) is 16.5. The summed E-state index contributed by atoms with van der Waals surface area (Å²) in [7, 11) is 1.46. The summed E-state index contributed by atoms with van der Waals surface area (Å²) in [5.74, 6) is 0.409. The van der Waals surface area contributed by atoms with Gasteiger partial charge in [-0.05, 0) is 39.0 Å². The number of nitrogens with zero attached hydrogens (tertiary/aromatic N) is 1. The average Bonchev–Trinajstić information content (AvgIpc) is 2.55. The molecular formula is C16H22N2O4. The molecule has 0 saturated carbocycles. The lowest BCUT2D eigenvalue weighted by Crippen LogP contribution is -2.42. The summed E-state index contributed by atoms with van der Waals surface area (Å²) < 4.78 is 10.6. The standard InChI is InChI=1S/C16H22N2O4/c1-5-18-12-8-11(17-14(19)9-21-4)6-7-13(12)22-10-16(2,3)15(18)20/h6-8H,5,9-10H2,1-4H3,(H,17,19). The van der Waals surface area contributed by atoms with E-state index in [-0.39, 0.29) is 18.4 Å². The number of hydrogen-bond acceptors (Lipinski definition) is 4. The summed E-state index contributed by atoms with van der Waals surface area (Å²) in [6.07, 6.45) is 0. The van der Waals surface area contributed by atoms with E-state index in [0.717, 1.165) is 0 Å². The zero-order valence-electron chi connectivity index (χ0n) is 13.4. The fourth-order valence-electron chi connectivity index (χ4n) is 2.36. The molecule has 120 valence electrons. The predicted molar refractivity (Wildman–Crippen MR) is 84.3 cm³/mol. The van der Waals surface area contributed by atoms with Crippen molar-refractivity contribution in [3.05, 3.63) is 18.2 Å². The Hall–Kier alpha value is -2.08. The molecule has 2 rings (SSSR count). The second-order valence-electron chi connectivity index (χ2n) is 5.89. The minimum Gasteiger partial charge on any atom is -0.490 e. The molecule has 6 nitrogen and oxygen atoms in total. The van der Waals surface area contributed by atoms with E-state index in [9.17, 15) is 9.59 Å². The molecule has 22 heavy (non-hydrogen) atoms. The summed E-state index contributed by atoms with van der Waals surface area (Å²) in [5, 5.41) is 2.74. The Bertz CT molecular complexity index is 584. The molecule has 0 aromatic heterocycles. The number of fused-ring (bicyclic) bond motifs is 1. The second-order valence-corrected chi connectivity index (χ2v) is 5.89. The molecule has 6 heteroatoms. The van der Waals surface area contributed by atoms with E-state index < -0.39 is 5.41 Å². The van der Waals surface area contributed by atoms with E-state index in [0.29, 0.717) is 30.3 Å². The van der Waals surface area contributed by atoms with Crippen LogP contribution in [0.5, 0.6) is 5.75 Å². The molecule has 0 bridgehead atoms. The van der Waals surface area contributed by atoms with Crippen molar-refractivity contribution < 1.29 is 19.1 Å². The minimum absolute atomic E-state index is 0.00844. The van der Waals surface area contributed by atoms with Gasteiger partial charge in [-0.1, -0.05) is 0 Å². The van der Waals surface area contributed by atoms with Crippen LogP contribution in [0.2, 0.25) is 0 Å². The first kappa shape index (κ1) is 16.3. The molecule has 0 fully saturated rings. The number of amides is 2. The van der Waals surface area contributed by atoms with Gasteiger partial charge in [0.2, 0.25) is 11.8 Å². The highest BCUT2D eigenvalue weighted by Gasteiger charge is 2.37. The monoisotopic (exact) mass is 306 g/mol. The van der Waals surface area contributed by atoms with Crippen molar-refractivity contribution in [3.63, 3.8) is 0 Å². The fourth-order valence-corrected chi connectivity index (χ4v) is 2.36. The number of hydrogen-bond donors (Lipinski definition) is 1. The molecule has 0 atom stereocenters. The molecule has 2 amide bonds. The van der Waals surface area contributed by atoms with Gasteiger partial charge < -0.3 is 19.7 Å². The van der Waals surface area contributed by atoms with Gasteiger partial charge in [0, 0.05) is 19.3 Å². The lowest BCUT2D eigenvalue weighted by Gasteiger charge is -2.27. The molecule has 1 aliphatic heterocycles. The first-order chi connectivity index (χ1) is 10.4. The molecule has 1 aromatic carbocycles. The number of anilines is 2. The van der Waals surface area contributed by atoms with Gasteiger partial charge in [0.1, 0.15) is 19.0 Å². The third-order valence-electron chi connectivity index (χ3n) is 3.54. The topological polar surface area (TPSA) is 67.9 Å². The Kier molecular flexibility index (Phi) is 4.71. The van der Waals surface area contributed by atoms with Crippen LogP contribution in [0.3, 0.4) is 0 Å². The van der Waals surface area contributed by atoms with Crippen LogP contribution in [-0.2, 0) is 14.3 Å². The third-order valence-corrected chi connectivity index (χ3v) is 3.54. The smallest absolute Gasteiger partial charge is 0.250 e. The molecule has 1 aromatic rings. The highest BCUT2D eigenvalue weighted by molar-refractivity contribution is 6.00. The Labute approximate surface area is 130 Å². The highest BCUT2D eigenvalue weighted by Crippen LogP contribution is 2.38. The minimum atomic E-state index is -0.589. The summed E-state index contributed by atoms with van der Waals surface area (Å²) in [6, 6.07) is 5.28. The van der Waals surface area contributed by atoms with Crippen LogP contribution in [0.15, 0.2) is 18.2 Å². The molecule has 1 N–H and O–H groups in total. The lowest BCUT2D eigenvalue weighted by atomic mass is 9.93. The van der Waals surface area contributed by atoms with Crippen LogP contribution in [0.4, 0.5) is 11.4 Å². The number of ether oxygens (including phenoxy) is 2. The summed E-state index contributed by atoms with van der Waals surface area (Å²) in [4.78, 5) is 25.9. The molecule has 0 unspecified atom stereocenters. The number of carbonyl (C=O) groups is 2.